The maximum Gasteiger partial charge on any atom is 0.347 e. The van der Waals surface area contributed by atoms with Gasteiger partial charge < -0.3 is 0 Å². The lowest BCUT2D eigenvalue weighted by molar-refractivity contribution is 0.561. The predicted octanol–water partition coefficient (Wildman–Crippen LogP) is 1.13. The number of aromatic nitrogens is 2. The minimum atomic E-state index is -0.167. The Morgan fingerprint density at radius 3 is 2.64 bits per heavy atom. The van der Waals surface area contributed by atoms with Gasteiger partial charge in [-0.05, 0) is 26.8 Å². The van der Waals surface area contributed by atoms with Crippen LogP contribution < -0.4 is 5.69 Å². The van der Waals surface area contributed by atoms with E-state index >= 15 is 0 Å². The molecule has 0 saturated carbocycles. The Balaban J connectivity index is 3.21. The highest BCUT2D eigenvalue weighted by Crippen LogP contribution is 1.97. The minimum absolute atomic E-state index is 0.167. The molecule has 0 unspecified atom stereocenters. The zero-order chi connectivity index (χ0) is 8.43. The number of aryl methyl sites for hydroxylation is 1. The molecule has 1 rings (SSSR count). The zero-order valence-electron chi connectivity index (χ0n) is 7.03. The van der Waals surface area contributed by atoms with Gasteiger partial charge in [0.05, 0.1) is 0 Å². The van der Waals surface area contributed by atoms with Crippen LogP contribution in [0, 0.1) is 6.92 Å². The second-order valence-electron chi connectivity index (χ2n) is 2.85. The van der Waals surface area contributed by atoms with Gasteiger partial charge in [-0.15, -0.1) is 0 Å². The van der Waals surface area contributed by atoms with E-state index in [1.165, 1.54) is 0 Å². The predicted molar refractivity (Wildman–Crippen MR) is 43.6 cm³/mol. The van der Waals surface area contributed by atoms with Crippen LogP contribution in [-0.4, -0.2) is 9.55 Å². The highest BCUT2D eigenvalue weighted by molar-refractivity contribution is 4.96. The van der Waals surface area contributed by atoms with Crippen molar-refractivity contribution in [2.24, 2.45) is 0 Å². The average molecular weight is 152 g/mol. The molecule has 0 N–H and O–H groups in total. The highest BCUT2D eigenvalue weighted by Gasteiger charge is 1.99. The van der Waals surface area contributed by atoms with Crippen LogP contribution in [0.5, 0.6) is 0 Å². The second kappa shape index (κ2) is 2.86. The topological polar surface area (TPSA) is 34.9 Å². The van der Waals surface area contributed by atoms with Crippen molar-refractivity contribution in [2.75, 3.05) is 0 Å². The first-order valence-electron chi connectivity index (χ1n) is 3.67. The van der Waals surface area contributed by atoms with Crippen molar-refractivity contribution in [3.63, 3.8) is 0 Å². The molecular formula is C8H12N2O. The smallest absolute Gasteiger partial charge is 0.297 e. The molecule has 0 radical (unpaired) electrons. The van der Waals surface area contributed by atoms with E-state index in [1.807, 2.05) is 26.8 Å². The van der Waals surface area contributed by atoms with Crippen molar-refractivity contribution >= 4 is 0 Å². The third kappa shape index (κ3) is 1.67. The molecule has 1 aromatic rings. The zero-order valence-corrected chi connectivity index (χ0v) is 7.03. The van der Waals surface area contributed by atoms with Gasteiger partial charge in [-0.2, -0.15) is 4.98 Å². The summed E-state index contributed by atoms with van der Waals surface area (Å²) in [7, 11) is 0. The fourth-order valence-corrected chi connectivity index (χ4v) is 0.891. The van der Waals surface area contributed by atoms with E-state index in [-0.39, 0.29) is 11.7 Å². The Morgan fingerprint density at radius 1 is 1.55 bits per heavy atom. The fraction of sp³-hybridized carbons (Fsp3) is 0.500. The second-order valence-corrected chi connectivity index (χ2v) is 2.85. The van der Waals surface area contributed by atoms with E-state index in [0.29, 0.717) is 0 Å². The molecular weight excluding hydrogens is 140 g/mol. The van der Waals surface area contributed by atoms with E-state index in [4.69, 9.17) is 0 Å². The Kier molecular flexibility index (Phi) is 2.08. The van der Waals surface area contributed by atoms with Gasteiger partial charge in [0.1, 0.15) is 0 Å². The molecule has 0 aliphatic rings. The van der Waals surface area contributed by atoms with Crippen molar-refractivity contribution in [1.29, 1.82) is 0 Å². The molecule has 0 bridgehead atoms. The lowest BCUT2D eigenvalue weighted by Gasteiger charge is -2.07. The third-order valence-electron chi connectivity index (χ3n) is 1.53. The monoisotopic (exact) mass is 152 g/mol. The molecule has 0 aliphatic carbocycles. The summed E-state index contributed by atoms with van der Waals surface area (Å²) in [5.41, 5.74) is 0.604. The Labute approximate surface area is 65.7 Å². The normalized spacial score (nSPS) is 10.5. The molecule has 0 spiro atoms. The van der Waals surface area contributed by atoms with Gasteiger partial charge in [0.2, 0.25) is 0 Å². The number of hydrogen-bond donors (Lipinski definition) is 0. The SMILES string of the molecule is Cc1ccn(C(C)C)c(=O)n1. The van der Waals surface area contributed by atoms with Crippen LogP contribution in [0.1, 0.15) is 25.6 Å². The molecule has 11 heavy (non-hydrogen) atoms. The maximum absolute atomic E-state index is 11.1. The largest absolute Gasteiger partial charge is 0.347 e. The summed E-state index contributed by atoms with van der Waals surface area (Å²) in [6.07, 6.45) is 1.77. The molecule has 3 heteroatoms. The van der Waals surface area contributed by atoms with E-state index in [2.05, 4.69) is 4.98 Å². The quantitative estimate of drug-likeness (QED) is 0.604. The summed E-state index contributed by atoms with van der Waals surface area (Å²) < 4.78 is 1.60. The molecule has 0 fully saturated rings. The average Bonchev–Trinajstić information content (AvgIpc) is 1.85. The molecule has 0 aromatic carbocycles. The molecule has 60 valence electrons. The van der Waals surface area contributed by atoms with E-state index in [9.17, 15) is 4.79 Å². The Morgan fingerprint density at radius 2 is 2.18 bits per heavy atom. The van der Waals surface area contributed by atoms with Crippen molar-refractivity contribution in [2.45, 2.75) is 26.8 Å². The van der Waals surface area contributed by atoms with Gasteiger partial charge in [0, 0.05) is 17.9 Å². The van der Waals surface area contributed by atoms with Gasteiger partial charge in [-0.25, -0.2) is 4.79 Å². The lowest BCUT2D eigenvalue weighted by Crippen LogP contribution is -2.24. The Hall–Kier alpha value is -1.12. The van der Waals surface area contributed by atoms with Crippen LogP contribution in [0.15, 0.2) is 17.1 Å². The molecule has 1 heterocycles. The summed E-state index contributed by atoms with van der Waals surface area (Å²) in [5.74, 6) is 0. The van der Waals surface area contributed by atoms with Crippen molar-refractivity contribution in [1.82, 2.24) is 9.55 Å². The van der Waals surface area contributed by atoms with Crippen LogP contribution >= 0.6 is 0 Å². The first-order valence-corrected chi connectivity index (χ1v) is 3.67. The molecule has 0 saturated heterocycles. The van der Waals surface area contributed by atoms with Gasteiger partial charge >= 0.3 is 5.69 Å². The van der Waals surface area contributed by atoms with Gasteiger partial charge in [-0.1, -0.05) is 0 Å². The number of rotatable bonds is 1. The maximum atomic E-state index is 11.1. The lowest BCUT2D eigenvalue weighted by atomic mass is 10.4. The highest BCUT2D eigenvalue weighted by atomic mass is 16.1. The summed E-state index contributed by atoms with van der Waals surface area (Å²) >= 11 is 0. The Bertz CT molecular complexity index is 301. The van der Waals surface area contributed by atoms with Gasteiger partial charge in [0.15, 0.2) is 0 Å². The minimum Gasteiger partial charge on any atom is -0.297 e. The first-order chi connectivity index (χ1) is 5.11. The molecule has 0 atom stereocenters. The molecule has 0 amide bonds. The molecule has 0 aliphatic heterocycles. The summed E-state index contributed by atoms with van der Waals surface area (Å²) in [6.45, 7) is 5.73. The van der Waals surface area contributed by atoms with Crippen molar-refractivity contribution in [3.05, 3.63) is 28.4 Å². The van der Waals surface area contributed by atoms with Gasteiger partial charge in [-0.3, -0.25) is 4.57 Å². The van der Waals surface area contributed by atoms with E-state index in [1.54, 1.807) is 10.8 Å². The van der Waals surface area contributed by atoms with Crippen molar-refractivity contribution in [3.8, 4) is 0 Å². The first kappa shape index (κ1) is 7.98. The third-order valence-corrected chi connectivity index (χ3v) is 1.53. The fourth-order valence-electron chi connectivity index (χ4n) is 0.891. The summed E-state index contributed by atoms with van der Waals surface area (Å²) in [5, 5.41) is 0. The van der Waals surface area contributed by atoms with Crippen LogP contribution in [0.25, 0.3) is 0 Å². The standard InChI is InChI=1S/C8H12N2O/c1-6(2)10-5-4-7(3)9-8(10)11/h4-6H,1-3H3. The molecule has 1 aromatic heterocycles. The molecule has 3 nitrogen and oxygen atoms in total. The van der Waals surface area contributed by atoms with Crippen LogP contribution in [-0.2, 0) is 0 Å². The van der Waals surface area contributed by atoms with E-state index < -0.39 is 0 Å². The van der Waals surface area contributed by atoms with Crippen LogP contribution in [0.3, 0.4) is 0 Å². The number of nitrogens with zero attached hydrogens (tertiary/aromatic N) is 2. The van der Waals surface area contributed by atoms with Crippen LogP contribution in [0.4, 0.5) is 0 Å². The van der Waals surface area contributed by atoms with Gasteiger partial charge in [0.25, 0.3) is 0 Å². The number of hydrogen-bond acceptors (Lipinski definition) is 2. The summed E-state index contributed by atoms with van der Waals surface area (Å²) in [6, 6.07) is 2.03. The van der Waals surface area contributed by atoms with Crippen LogP contribution in [0.2, 0.25) is 0 Å². The summed E-state index contributed by atoms with van der Waals surface area (Å²) in [4.78, 5) is 14.9. The van der Waals surface area contributed by atoms with E-state index in [0.717, 1.165) is 5.69 Å². The van der Waals surface area contributed by atoms with Crippen molar-refractivity contribution < 1.29 is 0 Å².